The minimum absolute atomic E-state index is 0.195. The molecule has 4 nitrogen and oxygen atoms in total. The number of hydrogen-bond acceptors (Lipinski definition) is 4. The summed E-state index contributed by atoms with van der Waals surface area (Å²) in [4.78, 5) is 26.8. The van der Waals surface area contributed by atoms with E-state index in [9.17, 15) is 9.59 Å². The Morgan fingerprint density at radius 3 is 2.43 bits per heavy atom. The zero-order chi connectivity index (χ0) is 20.1. The van der Waals surface area contributed by atoms with Crippen LogP contribution in [0.4, 0.5) is 4.79 Å². The average molecular weight is 619 g/mol. The van der Waals surface area contributed by atoms with Crippen LogP contribution in [-0.4, -0.2) is 29.2 Å². The molecule has 3 rings (SSSR count). The van der Waals surface area contributed by atoms with Gasteiger partial charge in [-0.05, 0) is 106 Å². The van der Waals surface area contributed by atoms with E-state index in [1.807, 2.05) is 37.3 Å². The monoisotopic (exact) mass is 619 g/mol. The van der Waals surface area contributed by atoms with Gasteiger partial charge in [0, 0.05) is 6.54 Å². The van der Waals surface area contributed by atoms with Crippen LogP contribution in [0.2, 0.25) is 0 Å². The maximum Gasteiger partial charge on any atom is 0.293 e. The number of aryl methyl sites for hydroxylation is 1. The van der Waals surface area contributed by atoms with E-state index in [4.69, 9.17) is 4.74 Å². The van der Waals surface area contributed by atoms with Crippen molar-refractivity contribution in [2.24, 2.45) is 0 Å². The van der Waals surface area contributed by atoms with E-state index < -0.39 is 0 Å². The third-order valence-electron chi connectivity index (χ3n) is 4.17. The lowest BCUT2D eigenvalue weighted by Gasteiger charge is -2.12. The Labute approximate surface area is 196 Å². The van der Waals surface area contributed by atoms with Crippen LogP contribution in [-0.2, 0) is 11.2 Å². The highest BCUT2D eigenvalue weighted by atomic mass is 127. The molecular weight excluding hydrogens is 600 g/mol. The van der Waals surface area contributed by atoms with E-state index in [0.29, 0.717) is 18.1 Å². The first-order chi connectivity index (χ1) is 13.5. The number of hydrogen-bond donors (Lipinski definition) is 0. The Morgan fingerprint density at radius 1 is 1.11 bits per heavy atom. The fourth-order valence-electron chi connectivity index (χ4n) is 2.88. The number of thioether (sulfide) groups is 1. The molecule has 1 heterocycles. The van der Waals surface area contributed by atoms with Gasteiger partial charge in [-0.3, -0.25) is 14.5 Å². The van der Waals surface area contributed by atoms with Crippen molar-refractivity contribution < 1.29 is 14.3 Å². The number of benzene rings is 2. The summed E-state index contributed by atoms with van der Waals surface area (Å²) in [6.45, 7) is 3.00. The van der Waals surface area contributed by atoms with Gasteiger partial charge >= 0.3 is 0 Å². The van der Waals surface area contributed by atoms with Crippen LogP contribution in [0.5, 0.6) is 5.75 Å². The van der Waals surface area contributed by atoms with Crippen LogP contribution in [0, 0.1) is 7.14 Å². The molecule has 0 aliphatic carbocycles. The number of rotatable bonds is 7. The van der Waals surface area contributed by atoms with Crippen molar-refractivity contribution in [2.45, 2.75) is 19.8 Å². The lowest BCUT2D eigenvalue weighted by atomic mass is 10.1. The van der Waals surface area contributed by atoms with E-state index >= 15 is 0 Å². The van der Waals surface area contributed by atoms with Crippen molar-refractivity contribution in [2.75, 3.05) is 13.2 Å². The number of imide groups is 1. The molecule has 0 aromatic heterocycles. The van der Waals surface area contributed by atoms with Gasteiger partial charge in [0.05, 0.1) is 18.7 Å². The topological polar surface area (TPSA) is 46.6 Å². The number of ether oxygens (including phenoxy) is 1. The molecule has 0 spiro atoms. The first-order valence-electron chi connectivity index (χ1n) is 8.90. The standard InChI is InChI=1S/C21H19I2NO3S/c1-2-27-19-16(22)11-15(12-17(19)23)13-18-20(25)24(21(26)28-18)10-6-9-14-7-4-3-5-8-14/h3-5,7-8,11-13H,2,6,9-10H2,1H3/b18-13+. The van der Waals surface area contributed by atoms with E-state index in [-0.39, 0.29) is 11.1 Å². The Kier molecular flexibility index (Phi) is 7.81. The summed E-state index contributed by atoms with van der Waals surface area (Å²) < 4.78 is 7.63. The number of halogens is 2. The van der Waals surface area contributed by atoms with E-state index in [1.165, 1.54) is 10.5 Å². The SMILES string of the molecule is CCOc1c(I)cc(/C=C2/SC(=O)N(CCCc3ccccc3)C2=O)cc1I. The van der Waals surface area contributed by atoms with Gasteiger partial charge < -0.3 is 4.74 Å². The molecule has 2 amide bonds. The maximum absolute atomic E-state index is 12.7. The van der Waals surface area contributed by atoms with Crippen LogP contribution in [0.15, 0.2) is 47.4 Å². The third-order valence-corrected chi connectivity index (χ3v) is 6.68. The van der Waals surface area contributed by atoms with Crippen molar-refractivity contribution in [3.63, 3.8) is 0 Å². The van der Waals surface area contributed by atoms with E-state index in [2.05, 4.69) is 57.3 Å². The number of carbonyl (C=O) groups excluding carboxylic acids is 2. The van der Waals surface area contributed by atoms with Crippen molar-refractivity contribution in [3.8, 4) is 5.75 Å². The molecule has 0 unspecified atom stereocenters. The summed E-state index contributed by atoms with van der Waals surface area (Å²) in [5, 5.41) is -0.195. The number of amides is 2. The van der Waals surface area contributed by atoms with Gasteiger partial charge in [0.2, 0.25) is 0 Å². The summed E-state index contributed by atoms with van der Waals surface area (Å²) in [6.07, 6.45) is 3.40. The van der Waals surface area contributed by atoms with E-state index in [0.717, 1.165) is 43.1 Å². The lowest BCUT2D eigenvalue weighted by Crippen LogP contribution is -2.29. The second-order valence-corrected chi connectivity index (χ2v) is 9.49. The second kappa shape index (κ2) is 10.1. The molecule has 7 heteroatoms. The van der Waals surface area contributed by atoms with Gasteiger partial charge in [0.1, 0.15) is 5.75 Å². The molecule has 2 aromatic carbocycles. The lowest BCUT2D eigenvalue weighted by molar-refractivity contribution is -0.122. The fourth-order valence-corrected chi connectivity index (χ4v) is 5.87. The first-order valence-corrected chi connectivity index (χ1v) is 11.9. The predicted octanol–water partition coefficient (Wildman–Crippen LogP) is 5.96. The van der Waals surface area contributed by atoms with Crippen LogP contribution in [0.25, 0.3) is 6.08 Å². The minimum Gasteiger partial charge on any atom is -0.492 e. The normalized spacial score (nSPS) is 15.5. The molecule has 0 saturated carbocycles. The van der Waals surface area contributed by atoms with E-state index in [1.54, 1.807) is 6.08 Å². The van der Waals surface area contributed by atoms with Gasteiger partial charge in [-0.2, -0.15) is 0 Å². The Hall–Kier alpha value is -1.07. The highest BCUT2D eigenvalue weighted by molar-refractivity contribution is 14.1. The first kappa shape index (κ1) is 21.6. The predicted molar refractivity (Wildman–Crippen MR) is 130 cm³/mol. The van der Waals surface area contributed by atoms with Gasteiger partial charge in [-0.25, -0.2) is 0 Å². The molecular formula is C21H19I2NO3S. The molecule has 1 saturated heterocycles. The second-order valence-electron chi connectivity index (χ2n) is 6.17. The molecule has 0 radical (unpaired) electrons. The molecule has 146 valence electrons. The van der Waals surface area contributed by atoms with Crippen LogP contribution >= 0.6 is 56.9 Å². The summed E-state index contributed by atoms with van der Waals surface area (Å²) in [5.41, 5.74) is 2.11. The molecule has 28 heavy (non-hydrogen) atoms. The highest BCUT2D eigenvalue weighted by Gasteiger charge is 2.34. The zero-order valence-electron chi connectivity index (χ0n) is 15.3. The van der Waals surface area contributed by atoms with Crippen molar-refractivity contribution in [1.82, 2.24) is 4.90 Å². The molecule has 2 aromatic rings. The molecule has 0 atom stereocenters. The summed E-state index contributed by atoms with van der Waals surface area (Å²) >= 11 is 5.47. The van der Waals surface area contributed by atoms with Crippen LogP contribution in [0.3, 0.4) is 0 Å². The maximum atomic E-state index is 12.7. The van der Waals surface area contributed by atoms with Crippen molar-refractivity contribution in [1.29, 1.82) is 0 Å². The highest BCUT2D eigenvalue weighted by Crippen LogP contribution is 2.35. The van der Waals surface area contributed by atoms with Crippen LogP contribution in [0.1, 0.15) is 24.5 Å². The van der Waals surface area contributed by atoms with Crippen molar-refractivity contribution in [3.05, 3.63) is 65.6 Å². The zero-order valence-corrected chi connectivity index (χ0v) is 20.4. The summed E-state index contributed by atoms with van der Waals surface area (Å²) in [6, 6.07) is 14.0. The molecule has 0 bridgehead atoms. The van der Waals surface area contributed by atoms with Crippen molar-refractivity contribution >= 4 is 74.2 Å². The number of nitrogens with zero attached hydrogens (tertiary/aromatic N) is 1. The number of carbonyl (C=O) groups is 2. The Bertz CT molecular complexity index is 892. The Balaban J connectivity index is 1.69. The van der Waals surface area contributed by atoms with Gasteiger partial charge in [0.25, 0.3) is 11.1 Å². The third kappa shape index (κ3) is 5.29. The molecule has 1 fully saturated rings. The molecule has 1 aliphatic rings. The van der Waals surface area contributed by atoms with Gasteiger partial charge in [0.15, 0.2) is 0 Å². The van der Waals surface area contributed by atoms with Gasteiger partial charge in [-0.1, -0.05) is 30.3 Å². The fraction of sp³-hybridized carbons (Fsp3) is 0.238. The Morgan fingerprint density at radius 2 is 1.79 bits per heavy atom. The summed E-state index contributed by atoms with van der Waals surface area (Å²) in [5.74, 6) is 0.650. The summed E-state index contributed by atoms with van der Waals surface area (Å²) in [7, 11) is 0. The largest absolute Gasteiger partial charge is 0.492 e. The van der Waals surface area contributed by atoms with Gasteiger partial charge in [-0.15, -0.1) is 0 Å². The quantitative estimate of drug-likeness (QED) is 0.284. The molecule has 1 aliphatic heterocycles. The average Bonchev–Trinajstić information content (AvgIpc) is 2.93. The smallest absolute Gasteiger partial charge is 0.293 e. The molecule has 0 N–H and O–H groups in total. The van der Waals surface area contributed by atoms with Crippen LogP contribution < -0.4 is 4.74 Å². The minimum atomic E-state index is -0.207.